The Hall–Kier alpha value is -1.06. The standard InChI is InChI=1S/C11H22N4/c1-2-3-4-5-6-7-8-9-15-10-11(12)13-14-15/h10H,2-9,12H2,1H3. The van der Waals surface area contributed by atoms with Gasteiger partial charge >= 0.3 is 0 Å². The molecule has 0 atom stereocenters. The summed E-state index contributed by atoms with van der Waals surface area (Å²) < 4.78 is 1.82. The lowest BCUT2D eigenvalue weighted by Crippen LogP contribution is -1.98. The van der Waals surface area contributed by atoms with Crippen LogP contribution in [0.3, 0.4) is 0 Å². The Kier molecular flexibility index (Phi) is 5.81. The zero-order valence-electron chi connectivity index (χ0n) is 9.65. The summed E-state index contributed by atoms with van der Waals surface area (Å²) in [5.74, 6) is 0.512. The fourth-order valence-electron chi connectivity index (χ4n) is 1.65. The molecule has 0 bridgehead atoms. The molecule has 0 amide bonds. The van der Waals surface area contributed by atoms with Gasteiger partial charge in [-0.3, -0.25) is 4.68 Å². The van der Waals surface area contributed by atoms with Crippen molar-refractivity contribution in [1.29, 1.82) is 0 Å². The minimum atomic E-state index is 0.512. The van der Waals surface area contributed by atoms with Crippen LogP contribution in [0.15, 0.2) is 6.20 Å². The highest BCUT2D eigenvalue weighted by molar-refractivity contribution is 5.19. The van der Waals surface area contributed by atoms with Gasteiger partial charge in [0.2, 0.25) is 0 Å². The number of anilines is 1. The summed E-state index contributed by atoms with van der Waals surface area (Å²) in [5.41, 5.74) is 5.47. The third kappa shape index (κ3) is 5.40. The van der Waals surface area contributed by atoms with E-state index in [2.05, 4.69) is 17.2 Å². The molecule has 0 unspecified atom stereocenters. The molecule has 86 valence electrons. The van der Waals surface area contributed by atoms with Crippen LogP contribution in [0.1, 0.15) is 51.9 Å². The van der Waals surface area contributed by atoms with E-state index in [1.54, 1.807) is 6.20 Å². The Morgan fingerprint density at radius 1 is 1.13 bits per heavy atom. The first-order valence-electron chi connectivity index (χ1n) is 5.98. The smallest absolute Gasteiger partial charge is 0.165 e. The SMILES string of the molecule is CCCCCCCCCn1cc(N)nn1. The fraction of sp³-hybridized carbons (Fsp3) is 0.818. The van der Waals surface area contributed by atoms with Crippen molar-refractivity contribution >= 4 is 5.82 Å². The van der Waals surface area contributed by atoms with Crippen LogP contribution < -0.4 is 5.73 Å². The normalized spacial score (nSPS) is 10.7. The van der Waals surface area contributed by atoms with Crippen LogP contribution in [0, 0.1) is 0 Å². The van der Waals surface area contributed by atoms with Crippen molar-refractivity contribution in [2.24, 2.45) is 0 Å². The summed E-state index contributed by atoms with van der Waals surface area (Å²) in [7, 11) is 0. The van der Waals surface area contributed by atoms with Gasteiger partial charge in [0.15, 0.2) is 5.82 Å². The molecule has 15 heavy (non-hydrogen) atoms. The molecule has 0 aromatic carbocycles. The molecule has 0 fully saturated rings. The maximum Gasteiger partial charge on any atom is 0.165 e. The van der Waals surface area contributed by atoms with Crippen molar-refractivity contribution in [3.8, 4) is 0 Å². The molecule has 1 aromatic rings. The minimum absolute atomic E-state index is 0.512. The quantitative estimate of drug-likeness (QED) is 0.671. The van der Waals surface area contributed by atoms with E-state index in [4.69, 9.17) is 5.73 Å². The van der Waals surface area contributed by atoms with Gasteiger partial charge in [-0.1, -0.05) is 50.7 Å². The summed E-state index contributed by atoms with van der Waals surface area (Å²) in [6, 6.07) is 0. The molecule has 0 radical (unpaired) electrons. The lowest BCUT2D eigenvalue weighted by atomic mass is 10.1. The first-order chi connectivity index (χ1) is 7.33. The number of aromatic nitrogens is 3. The molecule has 2 N–H and O–H groups in total. The Bertz CT molecular complexity index is 257. The highest BCUT2D eigenvalue weighted by Gasteiger charge is 1.95. The summed E-state index contributed by atoms with van der Waals surface area (Å²) in [6.45, 7) is 3.19. The van der Waals surface area contributed by atoms with E-state index in [1.165, 1.54) is 44.9 Å². The average Bonchev–Trinajstić information content (AvgIpc) is 2.63. The van der Waals surface area contributed by atoms with Gasteiger partial charge in [-0.05, 0) is 6.42 Å². The third-order valence-electron chi connectivity index (χ3n) is 2.55. The summed E-state index contributed by atoms with van der Waals surface area (Å²) in [5, 5.41) is 7.65. The van der Waals surface area contributed by atoms with E-state index < -0.39 is 0 Å². The van der Waals surface area contributed by atoms with E-state index in [-0.39, 0.29) is 0 Å². The molecule has 0 saturated carbocycles. The van der Waals surface area contributed by atoms with Gasteiger partial charge in [0.1, 0.15) is 0 Å². The molecule has 4 nitrogen and oxygen atoms in total. The van der Waals surface area contributed by atoms with Crippen LogP contribution in [-0.4, -0.2) is 15.0 Å². The first-order valence-corrected chi connectivity index (χ1v) is 5.98. The zero-order valence-corrected chi connectivity index (χ0v) is 9.65. The molecule has 4 heteroatoms. The summed E-state index contributed by atoms with van der Waals surface area (Å²) in [4.78, 5) is 0. The highest BCUT2D eigenvalue weighted by atomic mass is 15.4. The number of hydrogen-bond acceptors (Lipinski definition) is 3. The number of rotatable bonds is 8. The van der Waals surface area contributed by atoms with E-state index in [0.29, 0.717) is 5.82 Å². The molecule has 0 aliphatic heterocycles. The predicted octanol–water partition coefficient (Wildman–Crippen LogP) is 2.61. The number of aryl methyl sites for hydroxylation is 1. The Morgan fingerprint density at radius 3 is 2.40 bits per heavy atom. The average molecular weight is 210 g/mol. The largest absolute Gasteiger partial charge is 0.381 e. The second-order valence-electron chi connectivity index (χ2n) is 4.03. The van der Waals surface area contributed by atoms with Crippen molar-refractivity contribution in [2.45, 2.75) is 58.4 Å². The summed E-state index contributed by atoms with van der Waals surface area (Å²) >= 11 is 0. The number of nitrogens with zero attached hydrogens (tertiary/aromatic N) is 3. The topological polar surface area (TPSA) is 56.7 Å². The van der Waals surface area contributed by atoms with Crippen LogP contribution in [0.5, 0.6) is 0 Å². The van der Waals surface area contributed by atoms with Gasteiger partial charge in [-0.15, -0.1) is 5.10 Å². The number of unbranched alkanes of at least 4 members (excludes halogenated alkanes) is 6. The number of nitrogen functional groups attached to an aromatic ring is 1. The van der Waals surface area contributed by atoms with E-state index in [9.17, 15) is 0 Å². The van der Waals surface area contributed by atoms with Crippen LogP contribution in [0.2, 0.25) is 0 Å². The first kappa shape index (κ1) is 12.0. The molecule has 1 aromatic heterocycles. The monoisotopic (exact) mass is 210 g/mol. The van der Waals surface area contributed by atoms with Crippen molar-refractivity contribution in [2.75, 3.05) is 5.73 Å². The van der Waals surface area contributed by atoms with Crippen molar-refractivity contribution in [3.05, 3.63) is 6.20 Å². The van der Waals surface area contributed by atoms with Gasteiger partial charge in [0.05, 0.1) is 6.20 Å². The lowest BCUT2D eigenvalue weighted by molar-refractivity contribution is 0.513. The van der Waals surface area contributed by atoms with Crippen LogP contribution in [0.4, 0.5) is 5.82 Å². The lowest BCUT2D eigenvalue weighted by Gasteiger charge is -2.01. The van der Waals surface area contributed by atoms with E-state index in [0.717, 1.165) is 6.54 Å². The maximum absolute atomic E-state index is 5.47. The molecule has 0 spiro atoms. The van der Waals surface area contributed by atoms with Gasteiger partial charge in [0.25, 0.3) is 0 Å². The minimum Gasteiger partial charge on any atom is -0.381 e. The maximum atomic E-state index is 5.47. The Balaban J connectivity index is 1.93. The van der Waals surface area contributed by atoms with Crippen LogP contribution in [-0.2, 0) is 6.54 Å². The zero-order chi connectivity index (χ0) is 10.9. The van der Waals surface area contributed by atoms with Crippen molar-refractivity contribution in [1.82, 2.24) is 15.0 Å². The van der Waals surface area contributed by atoms with Crippen LogP contribution in [0.25, 0.3) is 0 Å². The predicted molar refractivity (Wildman–Crippen MR) is 62.4 cm³/mol. The van der Waals surface area contributed by atoms with E-state index >= 15 is 0 Å². The van der Waals surface area contributed by atoms with Gasteiger partial charge in [0, 0.05) is 6.54 Å². The number of hydrogen-bond donors (Lipinski definition) is 1. The molecule has 0 aliphatic rings. The summed E-state index contributed by atoms with van der Waals surface area (Å²) in [6.07, 6.45) is 11.0. The molecular formula is C11H22N4. The second kappa shape index (κ2) is 7.26. The fourth-order valence-corrected chi connectivity index (χ4v) is 1.65. The third-order valence-corrected chi connectivity index (χ3v) is 2.55. The number of nitrogens with two attached hydrogens (primary N) is 1. The van der Waals surface area contributed by atoms with E-state index in [1.807, 2.05) is 4.68 Å². The highest BCUT2D eigenvalue weighted by Crippen LogP contribution is 2.07. The molecule has 0 aliphatic carbocycles. The molecular weight excluding hydrogens is 188 g/mol. The van der Waals surface area contributed by atoms with Gasteiger partial charge in [-0.25, -0.2) is 0 Å². The second-order valence-corrected chi connectivity index (χ2v) is 4.03. The van der Waals surface area contributed by atoms with Gasteiger partial charge < -0.3 is 5.73 Å². The molecule has 1 rings (SSSR count). The molecule has 1 heterocycles. The van der Waals surface area contributed by atoms with Crippen LogP contribution >= 0.6 is 0 Å². The molecule has 0 saturated heterocycles. The Morgan fingerprint density at radius 2 is 1.80 bits per heavy atom. The van der Waals surface area contributed by atoms with Gasteiger partial charge in [-0.2, -0.15) is 0 Å². The van der Waals surface area contributed by atoms with Crippen molar-refractivity contribution < 1.29 is 0 Å². The van der Waals surface area contributed by atoms with Crippen molar-refractivity contribution in [3.63, 3.8) is 0 Å². The Labute approximate surface area is 91.9 Å².